The van der Waals surface area contributed by atoms with Gasteiger partial charge in [0.1, 0.15) is 19.0 Å². The molecule has 7 nitrogen and oxygen atoms in total. The smallest absolute Gasteiger partial charge is 0.234 e. The number of aromatic nitrogens is 2. The number of hydrogen-bond acceptors (Lipinski definition) is 6. The van der Waals surface area contributed by atoms with E-state index in [2.05, 4.69) is 21.8 Å². The second kappa shape index (κ2) is 9.13. The minimum absolute atomic E-state index is 0.0974. The average Bonchev–Trinajstić information content (AvgIpc) is 3.20. The highest BCUT2D eigenvalue weighted by atomic mass is 32.2. The molecule has 30 heavy (non-hydrogen) atoms. The lowest BCUT2D eigenvalue weighted by Crippen LogP contribution is -2.15. The van der Waals surface area contributed by atoms with E-state index in [1.807, 2.05) is 42.6 Å². The number of carbonyl (C=O) groups excluding carboxylic acids is 1. The lowest BCUT2D eigenvalue weighted by molar-refractivity contribution is -0.113. The van der Waals surface area contributed by atoms with Crippen LogP contribution in [0.4, 0.5) is 5.69 Å². The Bertz CT molecular complexity index is 1050. The summed E-state index contributed by atoms with van der Waals surface area (Å²) in [6, 6.07) is 13.2. The molecule has 1 aromatic heterocycles. The fraction of sp³-hybridized carbons (Fsp3) is 0.273. The van der Waals surface area contributed by atoms with Crippen molar-refractivity contribution in [3.05, 3.63) is 48.7 Å². The van der Waals surface area contributed by atoms with Gasteiger partial charge in [-0.2, -0.15) is 0 Å². The number of methoxy groups -OCH3 is 1. The Morgan fingerprint density at radius 2 is 2.03 bits per heavy atom. The lowest BCUT2D eigenvalue weighted by atomic mass is 10.1. The topological polar surface area (TPSA) is 74.6 Å². The molecule has 2 aromatic carbocycles. The Kier molecular flexibility index (Phi) is 6.13. The monoisotopic (exact) mass is 425 g/mol. The van der Waals surface area contributed by atoms with Gasteiger partial charge in [-0.25, -0.2) is 4.98 Å². The van der Waals surface area contributed by atoms with E-state index in [0.29, 0.717) is 24.7 Å². The van der Waals surface area contributed by atoms with Crippen LogP contribution in [0.25, 0.3) is 11.3 Å². The first kappa shape index (κ1) is 20.2. The number of hydrogen-bond donors (Lipinski definition) is 1. The number of fused-ring (bicyclic) bond motifs is 1. The van der Waals surface area contributed by atoms with E-state index < -0.39 is 0 Å². The minimum Gasteiger partial charge on any atom is -0.497 e. The Labute approximate surface area is 179 Å². The zero-order chi connectivity index (χ0) is 20.9. The van der Waals surface area contributed by atoms with Crippen LogP contribution in [0.2, 0.25) is 0 Å². The molecule has 1 aliphatic rings. The number of anilines is 1. The molecule has 0 bridgehead atoms. The molecule has 1 N–H and O–H groups in total. The van der Waals surface area contributed by atoms with Gasteiger partial charge in [0, 0.05) is 23.9 Å². The van der Waals surface area contributed by atoms with Crippen LogP contribution in [0.3, 0.4) is 0 Å². The van der Waals surface area contributed by atoms with Crippen LogP contribution in [0.5, 0.6) is 17.2 Å². The van der Waals surface area contributed by atoms with Crippen molar-refractivity contribution in [1.29, 1.82) is 0 Å². The van der Waals surface area contributed by atoms with Crippen molar-refractivity contribution in [2.75, 3.05) is 31.4 Å². The molecule has 0 unspecified atom stereocenters. The summed E-state index contributed by atoms with van der Waals surface area (Å²) in [7, 11) is 1.60. The molecule has 4 rings (SSSR count). The molecule has 0 saturated carbocycles. The number of rotatable bonds is 7. The normalized spacial score (nSPS) is 12.5. The van der Waals surface area contributed by atoms with Gasteiger partial charge in [-0.15, -0.1) is 0 Å². The Morgan fingerprint density at radius 3 is 2.83 bits per heavy atom. The summed E-state index contributed by atoms with van der Waals surface area (Å²) in [6.45, 7) is 3.91. The number of nitrogens with zero attached hydrogens (tertiary/aromatic N) is 2. The Hall–Kier alpha value is -3.13. The van der Waals surface area contributed by atoms with Crippen molar-refractivity contribution >= 4 is 23.4 Å². The number of thioether (sulfide) groups is 1. The SMILES string of the molecule is CCn1c(-c2ccc3c(c2)OCCO3)cnc1SCC(=O)Nc1cccc(OC)c1. The van der Waals surface area contributed by atoms with E-state index in [0.717, 1.165) is 34.5 Å². The largest absolute Gasteiger partial charge is 0.497 e. The fourth-order valence-electron chi connectivity index (χ4n) is 3.24. The maximum Gasteiger partial charge on any atom is 0.234 e. The standard InChI is InChI=1S/C22H23N3O4S/c1-3-25-18(15-7-8-19-20(11-15)29-10-9-28-19)13-23-22(25)30-14-21(26)24-16-5-4-6-17(12-16)27-2/h4-8,11-13H,3,9-10,14H2,1-2H3,(H,24,26). The van der Waals surface area contributed by atoms with Crippen LogP contribution in [-0.4, -0.2) is 41.5 Å². The summed E-state index contributed by atoms with van der Waals surface area (Å²) in [5.74, 6) is 2.37. The number of benzene rings is 2. The summed E-state index contributed by atoms with van der Waals surface area (Å²) in [5.41, 5.74) is 2.68. The van der Waals surface area contributed by atoms with Crippen molar-refractivity contribution in [2.45, 2.75) is 18.6 Å². The predicted molar refractivity (Wildman–Crippen MR) is 117 cm³/mol. The number of amides is 1. The molecule has 0 aliphatic carbocycles. The van der Waals surface area contributed by atoms with Crippen LogP contribution in [0, 0.1) is 0 Å². The average molecular weight is 426 g/mol. The molecule has 156 valence electrons. The van der Waals surface area contributed by atoms with Gasteiger partial charge in [0.2, 0.25) is 5.91 Å². The molecule has 0 saturated heterocycles. The first-order chi connectivity index (χ1) is 14.7. The molecular formula is C22H23N3O4S. The van der Waals surface area contributed by atoms with Gasteiger partial charge in [-0.05, 0) is 37.3 Å². The quantitative estimate of drug-likeness (QED) is 0.575. The molecule has 0 atom stereocenters. The molecule has 1 amide bonds. The molecule has 0 radical (unpaired) electrons. The van der Waals surface area contributed by atoms with Gasteiger partial charge in [-0.1, -0.05) is 17.8 Å². The van der Waals surface area contributed by atoms with Crippen molar-refractivity contribution in [1.82, 2.24) is 9.55 Å². The molecule has 3 aromatic rings. The molecule has 8 heteroatoms. The van der Waals surface area contributed by atoms with Gasteiger partial charge in [0.15, 0.2) is 16.7 Å². The summed E-state index contributed by atoms with van der Waals surface area (Å²) >= 11 is 1.41. The third-order valence-electron chi connectivity index (χ3n) is 4.66. The zero-order valence-corrected chi connectivity index (χ0v) is 17.7. The van der Waals surface area contributed by atoms with Gasteiger partial charge in [0.25, 0.3) is 0 Å². The van der Waals surface area contributed by atoms with Crippen molar-refractivity contribution in [3.63, 3.8) is 0 Å². The third-order valence-corrected chi connectivity index (χ3v) is 5.65. The summed E-state index contributed by atoms with van der Waals surface area (Å²) < 4.78 is 18.6. The number of ether oxygens (including phenoxy) is 3. The predicted octanol–water partition coefficient (Wildman–Crippen LogP) is 4.08. The second-order valence-electron chi connectivity index (χ2n) is 6.60. The van der Waals surface area contributed by atoms with E-state index in [4.69, 9.17) is 14.2 Å². The second-order valence-corrected chi connectivity index (χ2v) is 7.54. The Balaban J connectivity index is 1.45. The van der Waals surface area contributed by atoms with Gasteiger partial charge in [-0.3, -0.25) is 4.79 Å². The van der Waals surface area contributed by atoms with E-state index in [9.17, 15) is 4.79 Å². The first-order valence-electron chi connectivity index (χ1n) is 9.70. The molecule has 1 aliphatic heterocycles. The van der Waals surface area contributed by atoms with E-state index >= 15 is 0 Å². The van der Waals surface area contributed by atoms with Crippen molar-refractivity contribution < 1.29 is 19.0 Å². The molecule has 2 heterocycles. The minimum atomic E-state index is -0.0974. The van der Waals surface area contributed by atoms with Gasteiger partial charge in [0.05, 0.1) is 24.8 Å². The lowest BCUT2D eigenvalue weighted by Gasteiger charge is -2.19. The van der Waals surface area contributed by atoms with Crippen LogP contribution in [0.15, 0.2) is 53.8 Å². The summed E-state index contributed by atoms with van der Waals surface area (Å²) in [5, 5.41) is 3.68. The van der Waals surface area contributed by atoms with E-state index in [1.165, 1.54) is 11.8 Å². The molecule has 0 spiro atoms. The highest BCUT2D eigenvalue weighted by Gasteiger charge is 2.17. The maximum atomic E-state index is 12.4. The van der Waals surface area contributed by atoms with Crippen LogP contribution < -0.4 is 19.5 Å². The van der Waals surface area contributed by atoms with Crippen LogP contribution >= 0.6 is 11.8 Å². The number of nitrogens with one attached hydrogen (secondary N) is 1. The summed E-state index contributed by atoms with van der Waals surface area (Å²) in [4.78, 5) is 16.9. The Morgan fingerprint density at radius 1 is 1.20 bits per heavy atom. The highest BCUT2D eigenvalue weighted by Crippen LogP contribution is 2.35. The zero-order valence-electron chi connectivity index (χ0n) is 16.9. The summed E-state index contributed by atoms with van der Waals surface area (Å²) in [6.07, 6.45) is 1.83. The van der Waals surface area contributed by atoms with Crippen LogP contribution in [0.1, 0.15) is 6.92 Å². The van der Waals surface area contributed by atoms with Gasteiger partial charge >= 0.3 is 0 Å². The van der Waals surface area contributed by atoms with Crippen LogP contribution in [-0.2, 0) is 11.3 Å². The first-order valence-corrected chi connectivity index (χ1v) is 10.7. The third kappa shape index (κ3) is 4.38. The fourth-order valence-corrected chi connectivity index (χ4v) is 4.08. The molecule has 0 fully saturated rings. The highest BCUT2D eigenvalue weighted by molar-refractivity contribution is 7.99. The molecular weight excluding hydrogens is 402 g/mol. The van der Waals surface area contributed by atoms with Gasteiger partial charge < -0.3 is 24.1 Å². The maximum absolute atomic E-state index is 12.4. The van der Waals surface area contributed by atoms with E-state index in [-0.39, 0.29) is 11.7 Å². The van der Waals surface area contributed by atoms with E-state index in [1.54, 1.807) is 13.2 Å². The van der Waals surface area contributed by atoms with Crippen molar-refractivity contribution in [3.8, 4) is 28.5 Å². The number of carbonyl (C=O) groups is 1. The number of imidazole rings is 1. The van der Waals surface area contributed by atoms with Crippen molar-refractivity contribution in [2.24, 2.45) is 0 Å².